The average Bonchev–Trinajstić information content (AvgIpc) is 3.21. The van der Waals surface area contributed by atoms with Crippen molar-refractivity contribution < 1.29 is 19.0 Å². The van der Waals surface area contributed by atoms with E-state index in [0.717, 1.165) is 11.1 Å². The third-order valence-electron chi connectivity index (χ3n) is 5.75. The minimum atomic E-state index is -0.755. The SMILES string of the molecule is O=C(OCc1ccccc1)N1C[C@@H](O)[C@H](N(Cc2ccccc2)Cc2ccccc2F)C1. The van der Waals surface area contributed by atoms with Gasteiger partial charge in [-0.25, -0.2) is 9.18 Å². The Balaban J connectivity index is 1.46. The fraction of sp³-hybridized carbons (Fsp3) is 0.269. The zero-order chi connectivity index (χ0) is 22.3. The maximum atomic E-state index is 14.4. The van der Waals surface area contributed by atoms with Crippen molar-refractivity contribution in [1.29, 1.82) is 0 Å². The Labute approximate surface area is 187 Å². The molecule has 1 N–H and O–H groups in total. The van der Waals surface area contributed by atoms with Crippen LogP contribution in [0.3, 0.4) is 0 Å². The number of halogens is 1. The predicted molar refractivity (Wildman–Crippen MR) is 120 cm³/mol. The van der Waals surface area contributed by atoms with Crippen LogP contribution in [0.5, 0.6) is 0 Å². The number of ether oxygens (including phenoxy) is 1. The number of hydrogen-bond donors (Lipinski definition) is 1. The van der Waals surface area contributed by atoms with Gasteiger partial charge in [-0.2, -0.15) is 0 Å². The molecule has 32 heavy (non-hydrogen) atoms. The van der Waals surface area contributed by atoms with Gasteiger partial charge < -0.3 is 14.7 Å². The number of β-amino-alcohol motifs (C(OH)–C–C–N with tert-alkyl or cyclic N) is 1. The lowest BCUT2D eigenvalue weighted by atomic mass is 10.1. The molecule has 1 aliphatic heterocycles. The van der Waals surface area contributed by atoms with Crippen molar-refractivity contribution in [1.82, 2.24) is 9.80 Å². The molecule has 0 aromatic heterocycles. The van der Waals surface area contributed by atoms with E-state index in [-0.39, 0.29) is 25.0 Å². The summed E-state index contributed by atoms with van der Waals surface area (Å²) in [6.45, 7) is 1.54. The van der Waals surface area contributed by atoms with E-state index in [1.165, 1.54) is 11.0 Å². The van der Waals surface area contributed by atoms with Crippen LogP contribution in [0.1, 0.15) is 16.7 Å². The summed E-state index contributed by atoms with van der Waals surface area (Å²) in [4.78, 5) is 16.2. The van der Waals surface area contributed by atoms with Crippen LogP contribution in [-0.4, -0.2) is 46.2 Å². The van der Waals surface area contributed by atoms with Crippen LogP contribution in [-0.2, 0) is 24.4 Å². The number of benzene rings is 3. The van der Waals surface area contributed by atoms with E-state index in [0.29, 0.717) is 25.2 Å². The number of likely N-dealkylation sites (tertiary alicyclic amines) is 1. The van der Waals surface area contributed by atoms with Gasteiger partial charge in [0, 0.05) is 25.2 Å². The smallest absolute Gasteiger partial charge is 0.410 e. The minimum Gasteiger partial charge on any atom is -0.445 e. The Morgan fingerprint density at radius 3 is 2.22 bits per heavy atom. The highest BCUT2D eigenvalue weighted by atomic mass is 19.1. The van der Waals surface area contributed by atoms with E-state index in [1.807, 2.05) is 65.6 Å². The number of carbonyl (C=O) groups excluding carboxylic acids is 1. The fourth-order valence-electron chi connectivity index (χ4n) is 4.04. The second-order valence-corrected chi connectivity index (χ2v) is 8.06. The highest BCUT2D eigenvalue weighted by Crippen LogP contribution is 2.23. The lowest BCUT2D eigenvalue weighted by molar-refractivity contribution is 0.0721. The second-order valence-electron chi connectivity index (χ2n) is 8.06. The molecule has 1 saturated heterocycles. The quantitative estimate of drug-likeness (QED) is 0.605. The minimum absolute atomic E-state index is 0.180. The Morgan fingerprint density at radius 1 is 0.906 bits per heavy atom. The average molecular weight is 435 g/mol. The number of aliphatic hydroxyl groups excluding tert-OH is 1. The summed E-state index contributed by atoms with van der Waals surface area (Å²) < 4.78 is 19.8. The molecule has 0 unspecified atom stereocenters. The number of carbonyl (C=O) groups is 1. The molecular weight excluding hydrogens is 407 g/mol. The van der Waals surface area contributed by atoms with Crippen molar-refractivity contribution in [2.24, 2.45) is 0 Å². The third kappa shape index (κ3) is 5.52. The molecule has 3 aromatic rings. The van der Waals surface area contributed by atoms with Crippen molar-refractivity contribution >= 4 is 6.09 Å². The molecule has 0 bridgehead atoms. The predicted octanol–water partition coefficient (Wildman–Crippen LogP) is 4.21. The lowest BCUT2D eigenvalue weighted by Crippen LogP contribution is -2.42. The molecule has 0 spiro atoms. The summed E-state index contributed by atoms with van der Waals surface area (Å²) in [6.07, 6.45) is -1.21. The van der Waals surface area contributed by atoms with Crippen LogP contribution in [0, 0.1) is 5.82 Å². The van der Waals surface area contributed by atoms with Gasteiger partial charge in [0.25, 0.3) is 0 Å². The molecule has 1 aliphatic rings. The van der Waals surface area contributed by atoms with Gasteiger partial charge in [0.2, 0.25) is 0 Å². The molecule has 3 aromatic carbocycles. The summed E-state index contributed by atoms with van der Waals surface area (Å²) in [6, 6.07) is 25.7. The van der Waals surface area contributed by atoms with Gasteiger partial charge in [0.05, 0.1) is 18.7 Å². The van der Waals surface area contributed by atoms with Gasteiger partial charge in [-0.05, 0) is 17.2 Å². The first-order valence-electron chi connectivity index (χ1n) is 10.8. The van der Waals surface area contributed by atoms with Gasteiger partial charge in [-0.15, -0.1) is 0 Å². The molecule has 0 radical (unpaired) electrons. The normalized spacial score (nSPS) is 18.2. The zero-order valence-electron chi connectivity index (χ0n) is 17.8. The Kier molecular flexibility index (Phi) is 7.14. The van der Waals surface area contributed by atoms with E-state index >= 15 is 0 Å². The van der Waals surface area contributed by atoms with Gasteiger partial charge in [0.1, 0.15) is 12.4 Å². The first-order chi connectivity index (χ1) is 15.6. The molecule has 1 amide bonds. The number of aliphatic hydroxyl groups is 1. The zero-order valence-corrected chi connectivity index (χ0v) is 17.8. The topological polar surface area (TPSA) is 53.0 Å². The van der Waals surface area contributed by atoms with Crippen LogP contribution in [0.4, 0.5) is 9.18 Å². The molecule has 4 rings (SSSR count). The monoisotopic (exact) mass is 434 g/mol. The van der Waals surface area contributed by atoms with Gasteiger partial charge in [-0.3, -0.25) is 4.90 Å². The largest absolute Gasteiger partial charge is 0.445 e. The summed E-state index contributed by atoms with van der Waals surface area (Å²) in [5, 5.41) is 10.8. The molecular formula is C26H27FN2O3. The molecule has 0 aliphatic carbocycles. The van der Waals surface area contributed by atoms with E-state index in [9.17, 15) is 14.3 Å². The Morgan fingerprint density at radius 2 is 1.53 bits per heavy atom. The van der Waals surface area contributed by atoms with Crippen molar-refractivity contribution in [2.45, 2.75) is 31.8 Å². The molecule has 2 atom stereocenters. The Bertz CT molecular complexity index is 1020. The van der Waals surface area contributed by atoms with E-state index in [2.05, 4.69) is 0 Å². The number of amides is 1. The molecule has 1 heterocycles. The molecule has 166 valence electrons. The van der Waals surface area contributed by atoms with Crippen LogP contribution in [0.15, 0.2) is 84.9 Å². The maximum Gasteiger partial charge on any atom is 0.410 e. The molecule has 1 fully saturated rings. The van der Waals surface area contributed by atoms with Gasteiger partial charge in [0.15, 0.2) is 0 Å². The van der Waals surface area contributed by atoms with E-state index < -0.39 is 12.2 Å². The summed E-state index contributed by atoms with van der Waals surface area (Å²) in [5.41, 5.74) is 2.52. The van der Waals surface area contributed by atoms with Crippen LogP contribution in [0.25, 0.3) is 0 Å². The lowest BCUT2D eigenvalue weighted by Gasteiger charge is -2.31. The summed E-state index contributed by atoms with van der Waals surface area (Å²) >= 11 is 0. The number of hydrogen-bond acceptors (Lipinski definition) is 4. The van der Waals surface area contributed by atoms with Crippen molar-refractivity contribution in [3.63, 3.8) is 0 Å². The number of rotatable bonds is 7. The standard InChI is InChI=1S/C26H27FN2O3/c27-23-14-8-7-13-22(23)16-28(15-20-9-3-1-4-10-20)24-17-29(18-25(24)30)26(31)32-19-21-11-5-2-6-12-21/h1-14,24-25,30H,15-19H2/t24-,25-/m1/s1. The van der Waals surface area contributed by atoms with Crippen molar-refractivity contribution in [2.75, 3.05) is 13.1 Å². The first-order valence-corrected chi connectivity index (χ1v) is 10.8. The summed E-state index contributed by atoms with van der Waals surface area (Å²) in [5.74, 6) is -0.280. The molecule has 0 saturated carbocycles. The molecule has 6 heteroatoms. The Hall–Kier alpha value is -3.22. The summed E-state index contributed by atoms with van der Waals surface area (Å²) in [7, 11) is 0. The van der Waals surface area contributed by atoms with Crippen LogP contribution in [0.2, 0.25) is 0 Å². The van der Waals surface area contributed by atoms with E-state index in [1.54, 1.807) is 18.2 Å². The van der Waals surface area contributed by atoms with Crippen molar-refractivity contribution in [3.05, 3.63) is 107 Å². The first kappa shape index (κ1) is 22.0. The number of nitrogens with zero attached hydrogens (tertiary/aromatic N) is 2. The fourth-order valence-corrected chi connectivity index (χ4v) is 4.04. The van der Waals surface area contributed by atoms with E-state index in [4.69, 9.17) is 4.74 Å². The molecule has 5 nitrogen and oxygen atoms in total. The second kappa shape index (κ2) is 10.4. The van der Waals surface area contributed by atoms with Gasteiger partial charge >= 0.3 is 6.09 Å². The van der Waals surface area contributed by atoms with Crippen LogP contribution >= 0.6 is 0 Å². The highest BCUT2D eigenvalue weighted by Gasteiger charge is 2.38. The van der Waals surface area contributed by atoms with Crippen molar-refractivity contribution in [3.8, 4) is 0 Å². The third-order valence-corrected chi connectivity index (χ3v) is 5.75. The van der Waals surface area contributed by atoms with Gasteiger partial charge in [-0.1, -0.05) is 78.9 Å². The maximum absolute atomic E-state index is 14.4. The highest BCUT2D eigenvalue weighted by molar-refractivity contribution is 5.68. The van der Waals surface area contributed by atoms with Crippen LogP contribution < -0.4 is 0 Å².